The van der Waals surface area contributed by atoms with E-state index in [2.05, 4.69) is 195 Å². The van der Waals surface area contributed by atoms with Gasteiger partial charge < -0.3 is 28.1 Å². The molecule has 0 unspecified atom stereocenters. The minimum absolute atomic E-state index is 0.0599. The molecule has 0 N–H and O–H groups in total. The summed E-state index contributed by atoms with van der Waals surface area (Å²) in [5.41, 5.74) is 14.2. The summed E-state index contributed by atoms with van der Waals surface area (Å²) in [6, 6.07) is 56.1. The Labute approximate surface area is 473 Å². The van der Waals surface area contributed by atoms with Crippen LogP contribution in [-0.2, 0) is 0 Å². The molecule has 0 saturated heterocycles. The van der Waals surface area contributed by atoms with Crippen molar-refractivity contribution in [2.75, 3.05) is 26.4 Å². The van der Waals surface area contributed by atoms with Crippen LogP contribution < -0.4 is 18.9 Å². The highest BCUT2D eigenvalue weighted by Gasteiger charge is 2.28. The standard InChI is InChI=1S/C73H78N2O5/c1-5-9-13-17-41-77-57-31-37-69-63(47-57)64-48-58(78-42-18-14-10-6-2)32-38-70(64)74(69)55-27-21-51(22-28-55)53-25-35-61-62-36-26-54(46-68(62)73(76)67(61)45-53)52-23-29-56(30-24-52)75-71-39-33-59(79-43-19-15-11-7-3)49-65(71)66-50-60(34-40-72(66)75)80-44-20-16-12-8-4/h21-40,45-50H,5-20,41-44H2,1-4H3. The van der Waals surface area contributed by atoms with Gasteiger partial charge in [0.2, 0.25) is 0 Å². The molecule has 80 heavy (non-hydrogen) atoms. The lowest BCUT2D eigenvalue weighted by Gasteiger charge is -2.11. The fourth-order valence-electron chi connectivity index (χ4n) is 11.8. The molecule has 0 bridgehead atoms. The van der Waals surface area contributed by atoms with Crippen LogP contribution in [0.25, 0.3) is 88.4 Å². The quantitative estimate of drug-likeness (QED) is 0.0457. The molecule has 0 fully saturated rings. The molecule has 410 valence electrons. The molecular weight excluding hydrogens is 985 g/mol. The number of hydrogen-bond donors (Lipinski definition) is 0. The van der Waals surface area contributed by atoms with Gasteiger partial charge in [0.05, 0.1) is 48.5 Å². The lowest BCUT2D eigenvalue weighted by atomic mass is 9.98. The third kappa shape index (κ3) is 11.6. The van der Waals surface area contributed by atoms with Gasteiger partial charge in [-0.2, -0.15) is 0 Å². The lowest BCUT2D eigenvalue weighted by Crippen LogP contribution is -1.98. The molecule has 0 amide bonds. The van der Waals surface area contributed by atoms with Gasteiger partial charge in [0.1, 0.15) is 23.0 Å². The van der Waals surface area contributed by atoms with Crippen LogP contribution >= 0.6 is 0 Å². The highest BCUT2D eigenvalue weighted by Crippen LogP contribution is 2.43. The van der Waals surface area contributed by atoms with E-state index in [1.807, 2.05) is 0 Å². The zero-order valence-corrected chi connectivity index (χ0v) is 47.6. The summed E-state index contributed by atoms with van der Waals surface area (Å²) in [5, 5.41) is 4.57. The molecule has 0 radical (unpaired) electrons. The average molecular weight is 1060 g/mol. The number of ketones is 1. The van der Waals surface area contributed by atoms with Crippen molar-refractivity contribution in [1.82, 2.24) is 9.13 Å². The normalized spacial score (nSPS) is 12.0. The van der Waals surface area contributed by atoms with E-state index in [4.69, 9.17) is 18.9 Å². The summed E-state index contributed by atoms with van der Waals surface area (Å²) in [6.45, 7) is 11.8. The molecular formula is C73H78N2O5. The number of carbonyl (C=O) groups excluding carboxylic acids is 1. The van der Waals surface area contributed by atoms with E-state index in [0.29, 0.717) is 26.4 Å². The first-order valence-corrected chi connectivity index (χ1v) is 30.2. The number of unbranched alkanes of at least 4 members (excludes halogenated alkanes) is 12. The lowest BCUT2D eigenvalue weighted by molar-refractivity contribution is 0.104. The first-order valence-electron chi connectivity index (χ1n) is 30.2. The summed E-state index contributed by atoms with van der Waals surface area (Å²) in [7, 11) is 0. The molecule has 8 aromatic carbocycles. The fraction of sp³-hybridized carbons (Fsp3) is 0.329. The molecule has 0 saturated carbocycles. The van der Waals surface area contributed by atoms with Crippen LogP contribution in [0.3, 0.4) is 0 Å². The Balaban J connectivity index is 0.830. The first-order chi connectivity index (χ1) is 39.4. The summed E-state index contributed by atoms with van der Waals surface area (Å²) in [4.78, 5) is 14.4. The van der Waals surface area contributed by atoms with Gasteiger partial charge in [-0.1, -0.05) is 153 Å². The zero-order chi connectivity index (χ0) is 54.8. The summed E-state index contributed by atoms with van der Waals surface area (Å²) in [5.74, 6) is 3.64. The fourth-order valence-corrected chi connectivity index (χ4v) is 11.8. The molecule has 0 aliphatic heterocycles. The number of nitrogens with zero attached hydrogens (tertiary/aromatic N) is 2. The molecule has 7 heteroatoms. The molecule has 1 aliphatic carbocycles. The largest absolute Gasteiger partial charge is 0.494 e. The van der Waals surface area contributed by atoms with Crippen LogP contribution in [0, 0.1) is 0 Å². The predicted molar refractivity (Wildman–Crippen MR) is 333 cm³/mol. The van der Waals surface area contributed by atoms with Gasteiger partial charge in [0.25, 0.3) is 0 Å². The second-order valence-electron chi connectivity index (χ2n) is 22.0. The average Bonchev–Trinajstić information content (AvgIpc) is 4.28. The number of ether oxygens (including phenoxy) is 4. The van der Waals surface area contributed by atoms with Crippen LogP contribution in [0.15, 0.2) is 158 Å². The number of fused-ring (bicyclic) bond motifs is 9. The maximum absolute atomic E-state index is 14.4. The SMILES string of the molecule is CCCCCCOc1ccc2c(c1)c1cc(OCCCCCC)ccc1n2-c1ccc(-c2ccc3c(c2)C(=O)c2cc(-c4ccc(-n5c6ccc(OCCCCCC)cc6c6cc(OCCCCCC)ccc65)cc4)ccc2-3)cc1. The van der Waals surface area contributed by atoms with Crippen LogP contribution in [-0.4, -0.2) is 41.3 Å². The summed E-state index contributed by atoms with van der Waals surface area (Å²) in [6.07, 6.45) is 18.7. The van der Waals surface area contributed by atoms with E-state index in [9.17, 15) is 4.79 Å². The molecule has 7 nitrogen and oxygen atoms in total. The van der Waals surface area contributed by atoms with Gasteiger partial charge in [-0.05, 0) is 168 Å². The smallest absolute Gasteiger partial charge is 0.194 e. The maximum atomic E-state index is 14.4. The molecule has 11 rings (SSSR count). The molecule has 1 aliphatic rings. The van der Waals surface area contributed by atoms with Gasteiger partial charge in [0, 0.05) is 44.0 Å². The molecule has 2 aromatic heterocycles. The van der Waals surface area contributed by atoms with Crippen molar-refractivity contribution in [3.63, 3.8) is 0 Å². The van der Waals surface area contributed by atoms with E-state index in [1.165, 1.54) is 77.0 Å². The highest BCUT2D eigenvalue weighted by molar-refractivity contribution is 6.22. The monoisotopic (exact) mass is 1060 g/mol. The minimum atomic E-state index is 0.0599. The number of rotatable bonds is 28. The minimum Gasteiger partial charge on any atom is -0.494 e. The molecule has 10 aromatic rings. The van der Waals surface area contributed by atoms with E-state index in [0.717, 1.165) is 148 Å². The van der Waals surface area contributed by atoms with Gasteiger partial charge in [0.15, 0.2) is 5.78 Å². The Hall–Kier alpha value is -7.77. The Morgan fingerprint density at radius 1 is 0.287 bits per heavy atom. The number of benzene rings is 8. The number of aromatic nitrogens is 2. The Morgan fingerprint density at radius 3 is 0.863 bits per heavy atom. The van der Waals surface area contributed by atoms with E-state index >= 15 is 0 Å². The van der Waals surface area contributed by atoms with Crippen molar-refractivity contribution in [1.29, 1.82) is 0 Å². The maximum Gasteiger partial charge on any atom is 0.194 e. The molecule has 0 spiro atoms. The first kappa shape index (κ1) is 54.2. The van der Waals surface area contributed by atoms with Crippen LogP contribution in [0.4, 0.5) is 0 Å². The highest BCUT2D eigenvalue weighted by atomic mass is 16.5. The zero-order valence-electron chi connectivity index (χ0n) is 47.6. The third-order valence-electron chi connectivity index (χ3n) is 16.2. The topological polar surface area (TPSA) is 63.9 Å². The van der Waals surface area contributed by atoms with Crippen molar-refractivity contribution < 1.29 is 23.7 Å². The third-order valence-corrected chi connectivity index (χ3v) is 16.2. The van der Waals surface area contributed by atoms with Gasteiger partial charge >= 0.3 is 0 Å². The van der Waals surface area contributed by atoms with Gasteiger partial charge in [-0.15, -0.1) is 0 Å². The van der Waals surface area contributed by atoms with Gasteiger partial charge in [-0.25, -0.2) is 0 Å². The van der Waals surface area contributed by atoms with E-state index in [1.54, 1.807) is 0 Å². The Morgan fingerprint density at radius 2 is 0.575 bits per heavy atom. The number of hydrogen-bond acceptors (Lipinski definition) is 5. The van der Waals surface area contributed by atoms with Crippen LogP contribution in [0.2, 0.25) is 0 Å². The van der Waals surface area contributed by atoms with Crippen molar-refractivity contribution in [3.8, 4) is 67.8 Å². The van der Waals surface area contributed by atoms with Crippen LogP contribution in [0.5, 0.6) is 23.0 Å². The van der Waals surface area contributed by atoms with Gasteiger partial charge in [-0.3, -0.25) is 4.79 Å². The van der Waals surface area contributed by atoms with Crippen molar-refractivity contribution in [2.24, 2.45) is 0 Å². The summed E-state index contributed by atoms with van der Waals surface area (Å²) < 4.78 is 29.9. The molecule has 0 atom stereocenters. The second kappa shape index (κ2) is 25.6. The Bertz CT molecular complexity index is 3360. The van der Waals surface area contributed by atoms with E-state index < -0.39 is 0 Å². The van der Waals surface area contributed by atoms with E-state index in [-0.39, 0.29) is 5.78 Å². The Kier molecular flexibility index (Phi) is 17.3. The van der Waals surface area contributed by atoms with Crippen LogP contribution in [0.1, 0.15) is 146 Å². The molecule has 2 heterocycles. The van der Waals surface area contributed by atoms with Crippen molar-refractivity contribution in [3.05, 3.63) is 169 Å². The van der Waals surface area contributed by atoms with Crippen molar-refractivity contribution in [2.45, 2.75) is 130 Å². The predicted octanol–water partition coefficient (Wildman–Crippen LogP) is 20.3. The second-order valence-corrected chi connectivity index (χ2v) is 22.0. The number of carbonyl (C=O) groups is 1. The summed E-state index contributed by atoms with van der Waals surface area (Å²) >= 11 is 0. The van der Waals surface area contributed by atoms with Crippen molar-refractivity contribution >= 4 is 49.4 Å².